The minimum atomic E-state index is 0.816. The Hall–Kier alpha value is -1.77. The highest BCUT2D eigenvalue weighted by atomic mass is 15.1. The molecule has 0 aliphatic rings. The summed E-state index contributed by atoms with van der Waals surface area (Å²) >= 11 is 0. The Bertz CT molecular complexity index is 480. The highest BCUT2D eigenvalue weighted by molar-refractivity contribution is 5.48. The molecule has 0 saturated carbocycles. The molecule has 0 atom stereocenters. The van der Waals surface area contributed by atoms with Gasteiger partial charge < -0.3 is 9.88 Å². The number of rotatable bonds is 4. The molecule has 2 rings (SSSR count). The van der Waals surface area contributed by atoms with Gasteiger partial charge in [0.25, 0.3) is 0 Å². The van der Waals surface area contributed by atoms with Crippen molar-refractivity contribution in [2.45, 2.75) is 33.9 Å². The van der Waals surface area contributed by atoms with Crippen molar-refractivity contribution in [2.24, 2.45) is 0 Å². The van der Waals surface area contributed by atoms with Crippen LogP contribution in [0.3, 0.4) is 0 Å². The lowest BCUT2D eigenvalue weighted by Crippen LogP contribution is -2.06. The predicted molar refractivity (Wildman–Crippen MR) is 71.1 cm³/mol. The molecule has 0 saturated heterocycles. The van der Waals surface area contributed by atoms with Gasteiger partial charge in [0, 0.05) is 18.4 Å². The van der Waals surface area contributed by atoms with Crippen LogP contribution in [0.2, 0.25) is 0 Å². The fourth-order valence-electron chi connectivity index (χ4n) is 2.05. The molecule has 2 aromatic rings. The molecule has 1 aromatic carbocycles. The SMILES string of the molecule is CCn1cncc1CNc1cc(C)cc(C)c1. The summed E-state index contributed by atoms with van der Waals surface area (Å²) in [6.07, 6.45) is 3.79. The van der Waals surface area contributed by atoms with Crippen LogP contribution < -0.4 is 5.32 Å². The van der Waals surface area contributed by atoms with Crippen LogP contribution >= 0.6 is 0 Å². The Morgan fingerprint density at radius 3 is 2.53 bits per heavy atom. The number of benzene rings is 1. The maximum Gasteiger partial charge on any atom is 0.0948 e. The van der Waals surface area contributed by atoms with Gasteiger partial charge in [0.2, 0.25) is 0 Å². The first-order chi connectivity index (χ1) is 8.19. The van der Waals surface area contributed by atoms with Crippen LogP contribution in [-0.4, -0.2) is 9.55 Å². The first-order valence-electron chi connectivity index (χ1n) is 6.00. The van der Waals surface area contributed by atoms with Crippen LogP contribution in [0.15, 0.2) is 30.7 Å². The largest absolute Gasteiger partial charge is 0.379 e. The average Bonchev–Trinajstić information content (AvgIpc) is 2.72. The molecule has 0 spiro atoms. The lowest BCUT2D eigenvalue weighted by Gasteiger charge is -2.10. The third-order valence-corrected chi connectivity index (χ3v) is 2.83. The van der Waals surface area contributed by atoms with E-state index < -0.39 is 0 Å². The Kier molecular flexibility index (Phi) is 3.47. The van der Waals surface area contributed by atoms with E-state index in [4.69, 9.17) is 0 Å². The number of imidazole rings is 1. The molecule has 0 unspecified atom stereocenters. The van der Waals surface area contributed by atoms with Gasteiger partial charge in [-0.05, 0) is 44.0 Å². The van der Waals surface area contributed by atoms with Crippen molar-refractivity contribution in [2.75, 3.05) is 5.32 Å². The van der Waals surface area contributed by atoms with Crippen molar-refractivity contribution < 1.29 is 0 Å². The van der Waals surface area contributed by atoms with Crippen molar-refractivity contribution in [1.82, 2.24) is 9.55 Å². The van der Waals surface area contributed by atoms with Gasteiger partial charge in [-0.15, -0.1) is 0 Å². The van der Waals surface area contributed by atoms with Gasteiger partial charge in [-0.25, -0.2) is 4.98 Å². The van der Waals surface area contributed by atoms with E-state index in [2.05, 4.69) is 53.8 Å². The van der Waals surface area contributed by atoms with E-state index in [0.717, 1.165) is 13.1 Å². The maximum atomic E-state index is 4.16. The Morgan fingerprint density at radius 2 is 1.88 bits per heavy atom. The lowest BCUT2D eigenvalue weighted by molar-refractivity contribution is 0.719. The summed E-state index contributed by atoms with van der Waals surface area (Å²) in [7, 11) is 0. The molecule has 1 heterocycles. The third-order valence-electron chi connectivity index (χ3n) is 2.83. The monoisotopic (exact) mass is 229 g/mol. The zero-order valence-electron chi connectivity index (χ0n) is 10.7. The molecule has 1 aromatic heterocycles. The summed E-state index contributed by atoms with van der Waals surface area (Å²) in [4.78, 5) is 4.16. The van der Waals surface area contributed by atoms with E-state index in [1.54, 1.807) is 0 Å². The van der Waals surface area contributed by atoms with E-state index >= 15 is 0 Å². The molecular formula is C14H19N3. The van der Waals surface area contributed by atoms with Crippen molar-refractivity contribution in [3.8, 4) is 0 Å². The predicted octanol–water partition coefficient (Wildman–Crippen LogP) is 3.13. The second-order valence-corrected chi connectivity index (χ2v) is 4.40. The molecule has 0 aliphatic heterocycles. The summed E-state index contributed by atoms with van der Waals surface area (Å²) in [6, 6.07) is 6.51. The summed E-state index contributed by atoms with van der Waals surface area (Å²) in [5.74, 6) is 0. The van der Waals surface area contributed by atoms with Gasteiger partial charge in [-0.1, -0.05) is 6.07 Å². The molecule has 0 bridgehead atoms. The van der Waals surface area contributed by atoms with Crippen LogP contribution in [0.25, 0.3) is 0 Å². The number of aryl methyl sites for hydroxylation is 3. The average molecular weight is 229 g/mol. The number of hydrogen-bond donors (Lipinski definition) is 1. The van der Waals surface area contributed by atoms with Crippen LogP contribution in [0.5, 0.6) is 0 Å². The molecule has 0 radical (unpaired) electrons. The van der Waals surface area contributed by atoms with E-state index in [9.17, 15) is 0 Å². The van der Waals surface area contributed by atoms with Crippen molar-refractivity contribution in [3.05, 3.63) is 47.5 Å². The highest BCUT2D eigenvalue weighted by Crippen LogP contribution is 2.14. The Morgan fingerprint density at radius 1 is 1.18 bits per heavy atom. The first-order valence-corrected chi connectivity index (χ1v) is 6.00. The number of nitrogens with one attached hydrogen (secondary N) is 1. The van der Waals surface area contributed by atoms with Gasteiger partial charge in [-0.2, -0.15) is 0 Å². The van der Waals surface area contributed by atoms with Crippen LogP contribution in [0.1, 0.15) is 23.7 Å². The fourth-order valence-corrected chi connectivity index (χ4v) is 2.05. The summed E-state index contributed by atoms with van der Waals surface area (Å²) in [5, 5.41) is 3.44. The standard InChI is InChI=1S/C14H19N3/c1-4-17-10-15-8-14(17)9-16-13-6-11(2)5-12(3)7-13/h5-8,10,16H,4,9H2,1-3H3. The smallest absolute Gasteiger partial charge is 0.0948 e. The van der Waals surface area contributed by atoms with Crippen LogP contribution in [0.4, 0.5) is 5.69 Å². The van der Waals surface area contributed by atoms with Gasteiger partial charge >= 0.3 is 0 Å². The molecular weight excluding hydrogens is 210 g/mol. The maximum absolute atomic E-state index is 4.16. The lowest BCUT2D eigenvalue weighted by atomic mass is 10.1. The molecule has 90 valence electrons. The van der Waals surface area contributed by atoms with E-state index in [0.29, 0.717) is 0 Å². The summed E-state index contributed by atoms with van der Waals surface area (Å²) < 4.78 is 2.15. The van der Waals surface area contributed by atoms with Gasteiger partial charge in [0.15, 0.2) is 0 Å². The molecule has 0 fully saturated rings. The second-order valence-electron chi connectivity index (χ2n) is 4.40. The zero-order valence-corrected chi connectivity index (χ0v) is 10.7. The second kappa shape index (κ2) is 5.04. The van der Waals surface area contributed by atoms with Crippen LogP contribution in [-0.2, 0) is 13.1 Å². The number of nitrogens with zero attached hydrogens (tertiary/aromatic N) is 2. The highest BCUT2D eigenvalue weighted by Gasteiger charge is 2.00. The van der Waals surface area contributed by atoms with Crippen LogP contribution in [0, 0.1) is 13.8 Å². The minimum Gasteiger partial charge on any atom is -0.379 e. The summed E-state index contributed by atoms with van der Waals surface area (Å²) in [5.41, 5.74) is 4.96. The first kappa shape index (κ1) is 11.7. The molecule has 0 aliphatic carbocycles. The number of aromatic nitrogens is 2. The molecule has 3 nitrogen and oxygen atoms in total. The Balaban J connectivity index is 2.07. The van der Waals surface area contributed by atoms with Crippen molar-refractivity contribution in [1.29, 1.82) is 0 Å². The number of hydrogen-bond acceptors (Lipinski definition) is 2. The quantitative estimate of drug-likeness (QED) is 0.873. The number of anilines is 1. The van der Waals surface area contributed by atoms with E-state index in [-0.39, 0.29) is 0 Å². The Labute approximate surface area is 103 Å². The topological polar surface area (TPSA) is 29.9 Å². The van der Waals surface area contributed by atoms with Gasteiger partial charge in [0.05, 0.1) is 18.6 Å². The normalized spacial score (nSPS) is 10.5. The van der Waals surface area contributed by atoms with Gasteiger partial charge in [0.1, 0.15) is 0 Å². The molecule has 0 amide bonds. The zero-order chi connectivity index (χ0) is 12.3. The van der Waals surface area contributed by atoms with Gasteiger partial charge in [-0.3, -0.25) is 0 Å². The minimum absolute atomic E-state index is 0.816. The van der Waals surface area contributed by atoms with Crippen molar-refractivity contribution in [3.63, 3.8) is 0 Å². The fraction of sp³-hybridized carbons (Fsp3) is 0.357. The molecule has 1 N–H and O–H groups in total. The molecule has 3 heteroatoms. The van der Waals surface area contributed by atoms with E-state index in [1.165, 1.54) is 22.5 Å². The van der Waals surface area contributed by atoms with Crippen molar-refractivity contribution >= 4 is 5.69 Å². The third kappa shape index (κ3) is 2.87. The molecule has 17 heavy (non-hydrogen) atoms. The van der Waals surface area contributed by atoms with E-state index in [1.807, 2.05) is 12.5 Å². The summed E-state index contributed by atoms with van der Waals surface area (Å²) in [6.45, 7) is 8.14.